The van der Waals surface area contributed by atoms with E-state index in [1.54, 1.807) is 11.8 Å². The van der Waals surface area contributed by atoms with Gasteiger partial charge in [0.1, 0.15) is 0 Å². The van der Waals surface area contributed by atoms with E-state index >= 15 is 0 Å². The number of para-hydroxylation sites is 1. The van der Waals surface area contributed by atoms with Crippen LogP contribution < -0.4 is 4.90 Å². The molecule has 2 rings (SSSR count). The Hall–Kier alpha value is -0.640. The van der Waals surface area contributed by atoms with Crippen LogP contribution >= 0.6 is 39.3 Å². The van der Waals surface area contributed by atoms with Crippen molar-refractivity contribution in [2.24, 2.45) is 0 Å². The number of hydrogen-bond acceptors (Lipinski definition) is 2. The van der Waals surface area contributed by atoms with E-state index < -0.39 is 0 Å². The maximum Gasteiger partial charge on any atom is 0.0569 e. The first kappa shape index (κ1) is 14.8. The second kappa shape index (κ2) is 6.69. The van der Waals surface area contributed by atoms with Crippen LogP contribution in [0.25, 0.3) is 0 Å². The van der Waals surface area contributed by atoms with Gasteiger partial charge in [0.2, 0.25) is 0 Å². The first-order valence-corrected chi connectivity index (χ1v) is 8.42. The first-order chi connectivity index (χ1) is 9.17. The summed E-state index contributed by atoms with van der Waals surface area (Å²) in [5, 5.41) is 0.738. The molecule has 2 aromatic rings. The molecule has 0 aliphatic rings. The molecule has 0 spiro atoms. The van der Waals surface area contributed by atoms with Gasteiger partial charge in [-0.25, -0.2) is 0 Å². The molecule has 19 heavy (non-hydrogen) atoms. The zero-order valence-corrected chi connectivity index (χ0v) is 14.0. The molecule has 0 unspecified atom stereocenters. The minimum absolute atomic E-state index is 0.738. The van der Waals surface area contributed by atoms with E-state index in [2.05, 4.69) is 64.3 Å². The molecule has 0 heterocycles. The standard InChI is InChI=1S/C15H15BrClNS/c1-3-18(11-7-5-4-6-8-11)14-10-13(17)12(16)9-15(14)19-2/h4-10H,3H2,1-2H3. The van der Waals surface area contributed by atoms with Crippen LogP contribution in [0.5, 0.6) is 0 Å². The smallest absolute Gasteiger partial charge is 0.0569 e. The molecular formula is C15H15BrClNS. The molecule has 0 bridgehead atoms. The number of hydrogen-bond donors (Lipinski definition) is 0. The molecule has 0 atom stereocenters. The van der Waals surface area contributed by atoms with Crippen LogP contribution in [-0.2, 0) is 0 Å². The van der Waals surface area contributed by atoms with Crippen molar-refractivity contribution < 1.29 is 0 Å². The molecule has 0 fully saturated rings. The summed E-state index contributed by atoms with van der Waals surface area (Å²) in [6, 6.07) is 14.5. The molecule has 0 saturated heterocycles. The third kappa shape index (κ3) is 3.28. The third-order valence-corrected chi connectivity index (χ3v) is 4.86. The van der Waals surface area contributed by atoms with E-state index in [-0.39, 0.29) is 0 Å². The Morgan fingerprint density at radius 1 is 1.21 bits per heavy atom. The Kier molecular flexibility index (Phi) is 5.20. The number of nitrogens with zero attached hydrogens (tertiary/aromatic N) is 1. The van der Waals surface area contributed by atoms with Crippen LogP contribution in [0.4, 0.5) is 11.4 Å². The second-order valence-electron chi connectivity index (χ2n) is 4.02. The van der Waals surface area contributed by atoms with Crippen LogP contribution in [0.3, 0.4) is 0 Å². The number of anilines is 2. The second-order valence-corrected chi connectivity index (χ2v) is 6.13. The third-order valence-electron chi connectivity index (χ3n) is 2.90. The van der Waals surface area contributed by atoms with E-state index in [1.807, 2.05) is 12.1 Å². The monoisotopic (exact) mass is 355 g/mol. The fourth-order valence-corrected chi connectivity index (χ4v) is 3.26. The van der Waals surface area contributed by atoms with Crippen molar-refractivity contribution in [3.8, 4) is 0 Å². The molecule has 0 N–H and O–H groups in total. The van der Waals surface area contributed by atoms with Crippen LogP contribution in [0, 0.1) is 0 Å². The van der Waals surface area contributed by atoms with E-state index in [9.17, 15) is 0 Å². The average Bonchev–Trinajstić information content (AvgIpc) is 2.44. The number of benzene rings is 2. The lowest BCUT2D eigenvalue weighted by Gasteiger charge is -2.26. The van der Waals surface area contributed by atoms with E-state index in [0.717, 1.165) is 21.7 Å². The summed E-state index contributed by atoms with van der Waals surface area (Å²) in [7, 11) is 0. The molecule has 0 aliphatic carbocycles. The summed E-state index contributed by atoms with van der Waals surface area (Å²) in [4.78, 5) is 3.48. The summed E-state index contributed by atoms with van der Waals surface area (Å²) in [6.07, 6.45) is 2.08. The Labute approximate surface area is 132 Å². The summed E-state index contributed by atoms with van der Waals surface area (Å²) in [5.74, 6) is 0. The summed E-state index contributed by atoms with van der Waals surface area (Å²) >= 11 is 11.5. The van der Waals surface area contributed by atoms with Crippen molar-refractivity contribution in [3.63, 3.8) is 0 Å². The van der Waals surface area contributed by atoms with E-state index in [1.165, 1.54) is 10.6 Å². The largest absolute Gasteiger partial charge is 0.341 e. The average molecular weight is 357 g/mol. The van der Waals surface area contributed by atoms with Gasteiger partial charge in [-0.3, -0.25) is 0 Å². The summed E-state index contributed by atoms with van der Waals surface area (Å²) in [5.41, 5.74) is 2.33. The molecule has 0 saturated carbocycles. The van der Waals surface area contributed by atoms with Crippen molar-refractivity contribution in [2.45, 2.75) is 11.8 Å². The SMILES string of the molecule is CCN(c1ccccc1)c1cc(Cl)c(Br)cc1SC. The Morgan fingerprint density at radius 3 is 2.47 bits per heavy atom. The van der Waals surface area contributed by atoms with Gasteiger partial charge in [-0.2, -0.15) is 0 Å². The van der Waals surface area contributed by atoms with Gasteiger partial charge >= 0.3 is 0 Å². The van der Waals surface area contributed by atoms with Gasteiger partial charge in [0, 0.05) is 21.6 Å². The quantitative estimate of drug-likeness (QED) is 0.620. The zero-order chi connectivity index (χ0) is 13.8. The van der Waals surface area contributed by atoms with Gasteiger partial charge in [-0.15, -0.1) is 11.8 Å². The van der Waals surface area contributed by atoms with Crippen molar-refractivity contribution in [3.05, 3.63) is 52.0 Å². The van der Waals surface area contributed by atoms with E-state index in [0.29, 0.717) is 0 Å². The predicted octanol–water partition coefficient (Wildman–Crippen LogP) is 5.98. The molecule has 0 radical (unpaired) electrons. The highest BCUT2D eigenvalue weighted by Crippen LogP contribution is 2.39. The molecule has 4 heteroatoms. The van der Waals surface area contributed by atoms with Gasteiger partial charge in [0.15, 0.2) is 0 Å². The van der Waals surface area contributed by atoms with E-state index in [4.69, 9.17) is 11.6 Å². The molecular weight excluding hydrogens is 342 g/mol. The molecule has 1 nitrogen and oxygen atoms in total. The lowest BCUT2D eigenvalue weighted by atomic mass is 10.2. The number of rotatable bonds is 4. The minimum atomic E-state index is 0.738. The maximum atomic E-state index is 6.25. The van der Waals surface area contributed by atoms with Gasteiger partial charge in [-0.05, 0) is 53.4 Å². The van der Waals surface area contributed by atoms with Crippen LogP contribution in [0.2, 0.25) is 5.02 Å². The fourth-order valence-electron chi connectivity index (χ4n) is 1.99. The van der Waals surface area contributed by atoms with Crippen molar-refractivity contribution >= 4 is 50.7 Å². The Morgan fingerprint density at radius 2 is 1.89 bits per heavy atom. The fraction of sp³-hybridized carbons (Fsp3) is 0.200. The van der Waals surface area contributed by atoms with Crippen LogP contribution in [-0.4, -0.2) is 12.8 Å². The highest BCUT2D eigenvalue weighted by molar-refractivity contribution is 9.10. The molecule has 100 valence electrons. The zero-order valence-electron chi connectivity index (χ0n) is 10.9. The summed E-state index contributed by atoms with van der Waals surface area (Å²) in [6.45, 7) is 3.04. The van der Waals surface area contributed by atoms with Crippen molar-refractivity contribution in [2.75, 3.05) is 17.7 Å². The number of halogens is 2. The Balaban J connectivity index is 2.52. The van der Waals surface area contributed by atoms with Crippen molar-refractivity contribution in [1.82, 2.24) is 0 Å². The summed E-state index contributed by atoms with van der Waals surface area (Å²) < 4.78 is 0.936. The Bertz CT molecular complexity index is 560. The highest BCUT2D eigenvalue weighted by atomic mass is 79.9. The minimum Gasteiger partial charge on any atom is -0.341 e. The van der Waals surface area contributed by atoms with Crippen molar-refractivity contribution in [1.29, 1.82) is 0 Å². The van der Waals surface area contributed by atoms with Gasteiger partial charge in [-0.1, -0.05) is 29.8 Å². The molecule has 0 amide bonds. The van der Waals surface area contributed by atoms with Crippen LogP contribution in [0.1, 0.15) is 6.92 Å². The lowest BCUT2D eigenvalue weighted by molar-refractivity contribution is 1.01. The molecule has 0 aromatic heterocycles. The van der Waals surface area contributed by atoms with Gasteiger partial charge in [0.25, 0.3) is 0 Å². The van der Waals surface area contributed by atoms with Crippen LogP contribution in [0.15, 0.2) is 51.8 Å². The van der Waals surface area contributed by atoms with Gasteiger partial charge < -0.3 is 4.90 Å². The highest BCUT2D eigenvalue weighted by Gasteiger charge is 2.13. The maximum absolute atomic E-state index is 6.25. The number of thioether (sulfide) groups is 1. The normalized spacial score (nSPS) is 10.5. The predicted molar refractivity (Wildman–Crippen MR) is 90.1 cm³/mol. The topological polar surface area (TPSA) is 3.24 Å². The lowest BCUT2D eigenvalue weighted by Crippen LogP contribution is -2.16. The molecule has 0 aliphatic heterocycles. The first-order valence-electron chi connectivity index (χ1n) is 6.03. The van der Waals surface area contributed by atoms with Gasteiger partial charge in [0.05, 0.1) is 10.7 Å². The molecule has 2 aromatic carbocycles.